The number of allylic oxidation sites excluding steroid dienone is 6. The third-order valence-corrected chi connectivity index (χ3v) is 5.83. The summed E-state index contributed by atoms with van der Waals surface area (Å²) in [6.07, 6.45) is 13.8. The van der Waals surface area contributed by atoms with Crippen LogP contribution in [0.5, 0.6) is 0 Å². The van der Waals surface area contributed by atoms with Crippen molar-refractivity contribution in [1.29, 1.82) is 0 Å². The molecule has 0 aromatic carbocycles. The van der Waals surface area contributed by atoms with Crippen molar-refractivity contribution in [2.24, 2.45) is 0 Å². The maximum atomic E-state index is 11.3. The van der Waals surface area contributed by atoms with Gasteiger partial charge in [0.25, 0.3) is 0 Å². The minimum Gasteiger partial charge on any atom is -0.463 e. The number of thiophene rings is 1. The van der Waals surface area contributed by atoms with E-state index < -0.39 is 0 Å². The van der Waals surface area contributed by atoms with Crippen LogP contribution in [0.4, 0.5) is 0 Å². The average Bonchev–Trinajstić information content (AvgIpc) is 2.79. The Kier molecular flexibility index (Phi) is 8.87. The minimum absolute atomic E-state index is 0.298. The Morgan fingerprint density at radius 3 is 2.50 bits per heavy atom. The van der Waals surface area contributed by atoms with E-state index in [0.717, 1.165) is 11.1 Å². The molecule has 0 fully saturated rings. The van der Waals surface area contributed by atoms with Crippen LogP contribution in [-0.4, -0.2) is 18.8 Å². The third kappa shape index (κ3) is 6.54. The number of aryl methyl sites for hydroxylation is 1. The summed E-state index contributed by atoms with van der Waals surface area (Å²) in [5, 5.41) is 0. The third-order valence-electron chi connectivity index (χ3n) is 3.38. The van der Waals surface area contributed by atoms with Crippen molar-refractivity contribution in [1.82, 2.24) is 0 Å². The van der Waals surface area contributed by atoms with Gasteiger partial charge < -0.3 is 4.74 Å². The zero-order valence-corrected chi connectivity index (χ0v) is 16.9. The van der Waals surface area contributed by atoms with Gasteiger partial charge in [-0.05, 0) is 57.6 Å². The maximum Gasteiger partial charge on any atom is 0.330 e. The molecule has 0 saturated heterocycles. The lowest BCUT2D eigenvalue weighted by Crippen LogP contribution is -1.99. The number of carbonyl (C=O) groups is 1. The molecule has 2 nitrogen and oxygen atoms in total. The molecule has 1 rings (SSSR count). The topological polar surface area (TPSA) is 26.3 Å². The normalized spacial score (nSPS) is 13.2. The van der Waals surface area contributed by atoms with E-state index in [1.165, 1.54) is 26.3 Å². The first-order valence-corrected chi connectivity index (χ1v) is 9.95. The molecule has 0 aliphatic heterocycles. The van der Waals surface area contributed by atoms with Crippen LogP contribution in [0.3, 0.4) is 0 Å². The van der Waals surface area contributed by atoms with Gasteiger partial charge in [0.05, 0.1) is 10.8 Å². The van der Waals surface area contributed by atoms with Crippen LogP contribution in [0, 0.1) is 13.8 Å². The molecule has 0 bridgehead atoms. The van der Waals surface area contributed by atoms with Gasteiger partial charge in [-0.25, -0.2) is 4.79 Å². The van der Waals surface area contributed by atoms with Crippen molar-refractivity contribution >= 4 is 35.1 Å². The van der Waals surface area contributed by atoms with Crippen LogP contribution in [0.2, 0.25) is 0 Å². The highest BCUT2D eigenvalue weighted by Crippen LogP contribution is 2.34. The number of esters is 1. The summed E-state index contributed by atoms with van der Waals surface area (Å²) in [4.78, 5) is 12.7. The van der Waals surface area contributed by atoms with Crippen LogP contribution in [0.25, 0.3) is 6.08 Å². The lowest BCUT2D eigenvalue weighted by atomic mass is 10.1. The Morgan fingerprint density at radius 1 is 1.21 bits per heavy atom. The number of carbonyl (C=O) groups excluding carboxylic acids is 1. The van der Waals surface area contributed by atoms with E-state index in [9.17, 15) is 4.79 Å². The Labute approximate surface area is 154 Å². The van der Waals surface area contributed by atoms with Gasteiger partial charge in [-0.2, -0.15) is 0 Å². The molecule has 4 heteroatoms. The van der Waals surface area contributed by atoms with Gasteiger partial charge in [0.2, 0.25) is 0 Å². The molecule has 0 amide bonds. The molecule has 0 spiro atoms. The van der Waals surface area contributed by atoms with Gasteiger partial charge in [0.15, 0.2) is 0 Å². The molecular formula is C20H26O2S2. The van der Waals surface area contributed by atoms with Crippen LogP contribution >= 0.6 is 23.1 Å². The summed E-state index contributed by atoms with van der Waals surface area (Å²) in [6.45, 7) is 10.5. The highest BCUT2D eigenvalue weighted by Gasteiger charge is 2.08. The molecule has 1 aromatic heterocycles. The first kappa shape index (κ1) is 20.5. The van der Waals surface area contributed by atoms with Crippen LogP contribution in [0.15, 0.2) is 45.7 Å². The summed E-state index contributed by atoms with van der Waals surface area (Å²) in [7, 11) is 0. The van der Waals surface area contributed by atoms with Gasteiger partial charge in [-0.15, -0.1) is 23.1 Å². The molecule has 0 aliphatic rings. The number of rotatable bonds is 7. The van der Waals surface area contributed by atoms with Crippen LogP contribution < -0.4 is 0 Å². The van der Waals surface area contributed by atoms with Crippen LogP contribution in [-0.2, 0) is 9.53 Å². The van der Waals surface area contributed by atoms with Gasteiger partial charge in [-0.3, -0.25) is 0 Å². The average molecular weight is 363 g/mol. The number of thioether (sulfide) groups is 1. The van der Waals surface area contributed by atoms with E-state index in [-0.39, 0.29) is 5.97 Å². The first-order valence-electron chi connectivity index (χ1n) is 7.91. The Bertz CT molecular complexity index is 689. The fourth-order valence-corrected chi connectivity index (χ4v) is 4.12. The molecule has 0 saturated carbocycles. The molecule has 0 aliphatic carbocycles. The second-order valence-corrected chi connectivity index (χ2v) is 7.73. The van der Waals surface area contributed by atoms with Crippen molar-refractivity contribution in [2.75, 3.05) is 12.9 Å². The Balaban J connectivity index is 2.76. The zero-order valence-electron chi connectivity index (χ0n) is 15.3. The summed E-state index contributed by atoms with van der Waals surface area (Å²) in [6, 6.07) is 0. The largest absolute Gasteiger partial charge is 0.463 e. The second-order valence-electron chi connectivity index (χ2n) is 5.43. The van der Waals surface area contributed by atoms with Crippen molar-refractivity contribution < 1.29 is 9.53 Å². The first-order chi connectivity index (χ1) is 11.4. The molecular weight excluding hydrogens is 336 g/mol. The predicted octanol–water partition coefficient (Wildman–Crippen LogP) is 6.11. The standard InChI is InChI=1S/C20H26O2S2/c1-7-22-19(21)13-15(3)10-8-9-14(2)11-12-18-16(4)20(23-6)24-17(18)5/h8-13H,7H2,1-6H3/b10-8+,12-11+,14-9+,15-13+. The fraction of sp³-hybridized carbons (Fsp3) is 0.350. The summed E-state index contributed by atoms with van der Waals surface area (Å²) in [5.74, 6) is -0.298. The quantitative estimate of drug-likeness (QED) is 0.253. The minimum atomic E-state index is -0.298. The van der Waals surface area contributed by atoms with E-state index in [2.05, 4.69) is 39.2 Å². The SMILES string of the molecule is CCOC(=O)/C=C(C)/C=C/C=C(C)/C=C/c1c(C)sc(SC)c1C. The Morgan fingerprint density at radius 2 is 1.92 bits per heavy atom. The van der Waals surface area contributed by atoms with Gasteiger partial charge in [0.1, 0.15) is 0 Å². The predicted molar refractivity (Wildman–Crippen MR) is 108 cm³/mol. The molecule has 130 valence electrons. The lowest BCUT2D eigenvalue weighted by molar-refractivity contribution is -0.137. The lowest BCUT2D eigenvalue weighted by Gasteiger charge is -1.97. The molecule has 0 unspecified atom stereocenters. The smallest absolute Gasteiger partial charge is 0.330 e. The van der Waals surface area contributed by atoms with Crippen molar-refractivity contribution in [2.45, 2.75) is 38.8 Å². The van der Waals surface area contributed by atoms with Crippen molar-refractivity contribution in [3.63, 3.8) is 0 Å². The molecule has 0 atom stereocenters. The zero-order chi connectivity index (χ0) is 18.1. The van der Waals surface area contributed by atoms with E-state index in [4.69, 9.17) is 4.74 Å². The van der Waals surface area contributed by atoms with E-state index in [0.29, 0.717) is 6.61 Å². The van der Waals surface area contributed by atoms with E-state index in [1.807, 2.05) is 36.5 Å². The summed E-state index contributed by atoms with van der Waals surface area (Å²) in [5.41, 5.74) is 4.71. The number of ether oxygens (including phenoxy) is 1. The summed E-state index contributed by atoms with van der Waals surface area (Å²) < 4.78 is 6.27. The van der Waals surface area contributed by atoms with E-state index in [1.54, 1.807) is 18.7 Å². The Hall–Kier alpha value is -1.52. The molecule has 1 heterocycles. The number of hydrogen-bond donors (Lipinski definition) is 0. The van der Waals surface area contributed by atoms with Crippen molar-refractivity contribution in [3.05, 3.63) is 57.5 Å². The highest BCUT2D eigenvalue weighted by atomic mass is 32.2. The maximum absolute atomic E-state index is 11.3. The van der Waals surface area contributed by atoms with Crippen LogP contribution in [0.1, 0.15) is 36.8 Å². The number of hydrogen-bond acceptors (Lipinski definition) is 4. The van der Waals surface area contributed by atoms with Gasteiger partial charge in [0, 0.05) is 11.0 Å². The molecule has 1 aromatic rings. The monoisotopic (exact) mass is 362 g/mol. The van der Waals surface area contributed by atoms with E-state index >= 15 is 0 Å². The van der Waals surface area contributed by atoms with Crippen molar-refractivity contribution in [3.8, 4) is 0 Å². The highest BCUT2D eigenvalue weighted by molar-refractivity contribution is 8.00. The molecule has 24 heavy (non-hydrogen) atoms. The second kappa shape index (κ2) is 10.4. The molecule has 0 N–H and O–H groups in total. The summed E-state index contributed by atoms with van der Waals surface area (Å²) >= 11 is 3.66. The van der Waals surface area contributed by atoms with Gasteiger partial charge in [-0.1, -0.05) is 36.0 Å². The fourth-order valence-electron chi connectivity index (χ4n) is 2.12. The molecule has 0 radical (unpaired) electrons. The van der Waals surface area contributed by atoms with Gasteiger partial charge >= 0.3 is 5.97 Å².